The summed E-state index contributed by atoms with van der Waals surface area (Å²) in [4.78, 5) is 16.8. The number of aliphatic hydroxyl groups excluding tert-OH is 1. The van der Waals surface area contributed by atoms with Gasteiger partial charge in [-0.2, -0.15) is 13.2 Å². The van der Waals surface area contributed by atoms with E-state index in [0.29, 0.717) is 30.7 Å². The van der Waals surface area contributed by atoms with E-state index in [4.69, 9.17) is 11.6 Å². The predicted octanol–water partition coefficient (Wildman–Crippen LogP) is 3.47. The van der Waals surface area contributed by atoms with Crippen molar-refractivity contribution in [2.24, 2.45) is 0 Å². The summed E-state index contributed by atoms with van der Waals surface area (Å²) < 4.78 is 42.7. The number of carbonyl (C=O) groups excluding carboxylic acids is 1. The fourth-order valence-electron chi connectivity index (χ4n) is 5.31. The summed E-state index contributed by atoms with van der Waals surface area (Å²) in [5.41, 5.74) is 1.19. The fourth-order valence-corrected chi connectivity index (χ4v) is 5.48. The molecule has 2 aliphatic rings. The largest absolute Gasteiger partial charge is 0.416 e. The number of nitrogens with one attached hydrogen (secondary N) is 1. The Kier molecular flexibility index (Phi) is 7.03. The molecule has 12 heteroatoms. The molecule has 2 aliphatic heterocycles. The predicted molar refractivity (Wildman–Crippen MR) is 134 cm³/mol. The van der Waals surface area contributed by atoms with Crippen LogP contribution in [0.1, 0.15) is 36.9 Å². The molecule has 1 unspecified atom stereocenters. The van der Waals surface area contributed by atoms with E-state index in [1.54, 1.807) is 17.9 Å². The molecule has 198 valence electrons. The Bertz CT molecular complexity index is 1290. The lowest BCUT2D eigenvalue weighted by Crippen LogP contribution is -2.59. The summed E-state index contributed by atoms with van der Waals surface area (Å²) in [6.07, 6.45) is -2.81. The van der Waals surface area contributed by atoms with Crippen LogP contribution in [-0.4, -0.2) is 75.8 Å². The average molecular weight is 537 g/mol. The molecule has 2 fully saturated rings. The first-order valence-electron chi connectivity index (χ1n) is 12.3. The molecule has 3 atom stereocenters. The third kappa shape index (κ3) is 4.99. The van der Waals surface area contributed by atoms with Crippen molar-refractivity contribution in [2.75, 3.05) is 37.7 Å². The highest BCUT2D eigenvalue weighted by Crippen LogP contribution is 2.38. The molecule has 1 aromatic heterocycles. The maximum absolute atomic E-state index is 13.7. The fraction of sp³-hybridized carbons (Fsp3) is 0.480. The number of carbonyl (C=O) groups is 1. The topological polar surface area (TPSA) is 86.5 Å². The van der Waals surface area contributed by atoms with Crippen molar-refractivity contribution >= 4 is 34.2 Å². The van der Waals surface area contributed by atoms with E-state index in [0.717, 1.165) is 31.1 Å². The number of anilines is 1. The number of hydrogen-bond donors (Lipinski definition) is 2. The Morgan fingerprint density at radius 3 is 2.76 bits per heavy atom. The Morgan fingerprint density at radius 1 is 1.24 bits per heavy atom. The third-order valence-electron chi connectivity index (χ3n) is 7.29. The maximum Gasteiger partial charge on any atom is 0.416 e. The van der Waals surface area contributed by atoms with E-state index in [9.17, 15) is 23.1 Å². The van der Waals surface area contributed by atoms with Gasteiger partial charge in [0.1, 0.15) is 5.52 Å². The zero-order chi connectivity index (χ0) is 26.3. The first kappa shape index (κ1) is 25.7. The normalized spacial score (nSPS) is 21.6. The number of amides is 1. The molecule has 3 aromatic rings. The minimum Gasteiger partial charge on any atom is -0.394 e. The van der Waals surface area contributed by atoms with Gasteiger partial charge in [0, 0.05) is 30.3 Å². The number of hydrogen-bond acceptors (Lipinski definition) is 6. The number of aliphatic hydroxyl groups is 1. The van der Waals surface area contributed by atoms with Crippen molar-refractivity contribution in [3.05, 3.63) is 52.5 Å². The van der Waals surface area contributed by atoms with E-state index >= 15 is 0 Å². The lowest BCUT2D eigenvalue weighted by molar-refractivity contribution is -0.138. The van der Waals surface area contributed by atoms with Gasteiger partial charge in [-0.05, 0) is 62.2 Å². The number of alkyl halides is 3. The lowest BCUT2D eigenvalue weighted by Gasteiger charge is -2.42. The molecule has 3 heterocycles. The molecule has 0 radical (unpaired) electrons. The molecule has 37 heavy (non-hydrogen) atoms. The molecule has 0 saturated carbocycles. The molecule has 2 saturated heterocycles. The summed E-state index contributed by atoms with van der Waals surface area (Å²) >= 11 is 5.86. The van der Waals surface area contributed by atoms with Crippen molar-refractivity contribution in [3.63, 3.8) is 0 Å². The number of fused-ring (bicyclic) bond motifs is 1. The van der Waals surface area contributed by atoms with E-state index < -0.39 is 17.8 Å². The molecule has 8 nitrogen and oxygen atoms in total. The first-order valence-corrected chi connectivity index (χ1v) is 12.7. The highest BCUT2D eigenvalue weighted by molar-refractivity contribution is 6.30. The Labute approximate surface area is 217 Å². The van der Waals surface area contributed by atoms with E-state index in [2.05, 4.69) is 20.5 Å². The van der Waals surface area contributed by atoms with Crippen molar-refractivity contribution in [3.8, 4) is 0 Å². The van der Waals surface area contributed by atoms with Gasteiger partial charge in [-0.1, -0.05) is 22.9 Å². The molecule has 5 rings (SSSR count). The van der Waals surface area contributed by atoms with Crippen LogP contribution in [0.25, 0.3) is 11.0 Å². The van der Waals surface area contributed by atoms with Crippen molar-refractivity contribution in [2.45, 2.75) is 44.1 Å². The van der Waals surface area contributed by atoms with E-state index in [1.165, 1.54) is 16.8 Å². The Morgan fingerprint density at radius 2 is 2.05 bits per heavy atom. The number of rotatable bonds is 5. The van der Waals surface area contributed by atoms with Crippen LogP contribution < -0.4 is 10.2 Å². The van der Waals surface area contributed by atoms with Gasteiger partial charge in [0.2, 0.25) is 5.91 Å². The van der Waals surface area contributed by atoms with Gasteiger partial charge >= 0.3 is 6.18 Å². The molecule has 1 amide bonds. The van der Waals surface area contributed by atoms with Crippen LogP contribution in [0.2, 0.25) is 5.02 Å². The van der Waals surface area contributed by atoms with Crippen LogP contribution in [-0.2, 0) is 11.0 Å². The Balaban J connectivity index is 1.42. The Hall–Kier alpha value is -2.89. The molecular weight excluding hydrogens is 509 g/mol. The molecular formula is C25H28ClF3N6O2. The van der Waals surface area contributed by atoms with Crippen molar-refractivity contribution in [1.82, 2.24) is 25.2 Å². The van der Waals surface area contributed by atoms with Gasteiger partial charge in [-0.3, -0.25) is 4.79 Å². The molecule has 2 N–H and O–H groups in total. The smallest absolute Gasteiger partial charge is 0.394 e. The monoisotopic (exact) mass is 536 g/mol. The van der Waals surface area contributed by atoms with Crippen LogP contribution in [0.15, 0.2) is 36.4 Å². The second-order valence-corrected chi connectivity index (χ2v) is 10.0. The molecule has 2 aromatic carbocycles. The van der Waals surface area contributed by atoms with Gasteiger partial charge in [0.05, 0.1) is 35.8 Å². The standard InChI is InChI=1S/C25H28ClF3N6O2/c1-15(19-6-4-16(26)11-20(19)25(27,28)29)35-23-12-17(5-7-21(23)31-32-35)33-9-10-34(18(13-33)14-36)24(37)22-3-2-8-30-22/h4-7,11-12,15,18,22,30,36H,2-3,8-10,13-14H2,1H3/t15?,18-,22+/m0/s1. The summed E-state index contributed by atoms with van der Waals surface area (Å²) in [6.45, 7) is 3.77. The first-order chi connectivity index (χ1) is 17.7. The minimum absolute atomic E-state index is 0.00813. The van der Waals surface area contributed by atoms with Crippen molar-refractivity contribution < 1.29 is 23.1 Å². The van der Waals surface area contributed by atoms with Crippen LogP contribution in [0, 0.1) is 0 Å². The summed E-state index contributed by atoms with van der Waals surface area (Å²) in [7, 11) is 0. The van der Waals surface area contributed by atoms with Gasteiger partial charge in [0.15, 0.2) is 0 Å². The number of aromatic nitrogens is 3. The third-order valence-corrected chi connectivity index (χ3v) is 7.53. The number of halogens is 4. The van der Waals surface area contributed by atoms with Crippen LogP contribution in [0.5, 0.6) is 0 Å². The van der Waals surface area contributed by atoms with E-state index in [-0.39, 0.29) is 35.2 Å². The zero-order valence-electron chi connectivity index (χ0n) is 20.2. The summed E-state index contributed by atoms with van der Waals surface area (Å²) in [5.74, 6) is 0.0196. The van der Waals surface area contributed by atoms with Crippen LogP contribution >= 0.6 is 11.6 Å². The summed E-state index contributed by atoms with van der Waals surface area (Å²) in [5, 5.41) is 21.6. The van der Waals surface area contributed by atoms with Gasteiger partial charge in [-0.25, -0.2) is 4.68 Å². The molecule has 0 spiro atoms. The average Bonchev–Trinajstić information content (AvgIpc) is 3.57. The number of benzene rings is 2. The highest BCUT2D eigenvalue weighted by Gasteiger charge is 2.37. The lowest BCUT2D eigenvalue weighted by atomic mass is 10.0. The van der Waals surface area contributed by atoms with Gasteiger partial charge in [-0.15, -0.1) is 5.10 Å². The van der Waals surface area contributed by atoms with Crippen molar-refractivity contribution in [1.29, 1.82) is 0 Å². The SMILES string of the molecule is CC(c1ccc(Cl)cc1C(F)(F)F)n1nnc2ccc(N3CCN(C(=O)[C@H]4CCCN4)[C@H](CO)C3)cc21. The van der Waals surface area contributed by atoms with E-state index in [1.807, 2.05) is 12.1 Å². The molecule has 0 bridgehead atoms. The minimum atomic E-state index is -4.57. The summed E-state index contributed by atoms with van der Waals surface area (Å²) in [6, 6.07) is 7.92. The second-order valence-electron chi connectivity index (χ2n) is 9.58. The van der Waals surface area contributed by atoms with Gasteiger partial charge in [0.25, 0.3) is 0 Å². The van der Waals surface area contributed by atoms with Crippen LogP contribution in [0.3, 0.4) is 0 Å². The molecule has 0 aliphatic carbocycles. The number of nitrogens with zero attached hydrogens (tertiary/aromatic N) is 5. The maximum atomic E-state index is 13.7. The highest BCUT2D eigenvalue weighted by atomic mass is 35.5. The number of piperazine rings is 1. The second kappa shape index (κ2) is 10.1. The van der Waals surface area contributed by atoms with Gasteiger partial charge < -0.3 is 20.2 Å². The quantitative estimate of drug-likeness (QED) is 0.519. The van der Waals surface area contributed by atoms with Crippen LogP contribution in [0.4, 0.5) is 18.9 Å². The zero-order valence-corrected chi connectivity index (χ0v) is 21.0.